The van der Waals surface area contributed by atoms with E-state index in [1.54, 1.807) is 24.3 Å². The number of imide groups is 1. The molecule has 1 aromatic heterocycles. The van der Waals surface area contributed by atoms with E-state index < -0.39 is 41.5 Å². The van der Waals surface area contributed by atoms with E-state index >= 15 is 0 Å². The molecule has 0 radical (unpaired) electrons. The van der Waals surface area contributed by atoms with E-state index in [1.165, 1.54) is 7.11 Å². The molecule has 194 valence electrons. The van der Waals surface area contributed by atoms with E-state index in [2.05, 4.69) is 10.3 Å². The highest BCUT2D eigenvalue weighted by Crippen LogP contribution is 2.28. The van der Waals surface area contributed by atoms with Crippen LogP contribution in [-0.2, 0) is 20.8 Å². The zero-order chi connectivity index (χ0) is 26.5. The van der Waals surface area contributed by atoms with Crippen LogP contribution in [0.3, 0.4) is 0 Å². The fraction of sp³-hybridized carbons (Fsp3) is 0.333. The van der Waals surface area contributed by atoms with Crippen molar-refractivity contribution < 1.29 is 23.9 Å². The number of H-pyrrole nitrogens is 1. The first kappa shape index (κ1) is 26.4. The predicted octanol–water partition coefficient (Wildman–Crippen LogP) is 2.42. The summed E-state index contributed by atoms with van der Waals surface area (Å²) < 4.78 is 5.39. The molecule has 3 aromatic rings. The molecule has 4 rings (SSSR count). The average Bonchev–Trinajstić information content (AvgIpc) is 3.54. The molecule has 3 atom stereocenters. The fourth-order valence-electron chi connectivity index (χ4n) is 4.69. The summed E-state index contributed by atoms with van der Waals surface area (Å²) in [5.41, 5.74) is 7.82. The van der Waals surface area contributed by atoms with E-state index in [4.69, 9.17) is 22.1 Å². The Morgan fingerprint density at radius 2 is 1.92 bits per heavy atom. The Hall–Kier alpha value is -3.69. The fourth-order valence-corrected chi connectivity index (χ4v) is 4.87. The van der Waals surface area contributed by atoms with Crippen LogP contribution < -0.4 is 15.8 Å². The maximum Gasteiger partial charge on any atom is 0.277 e. The van der Waals surface area contributed by atoms with Gasteiger partial charge in [0.15, 0.2) is 5.78 Å². The maximum absolute atomic E-state index is 13.9. The number of nitrogens with one attached hydrogen (secondary N) is 2. The molecule has 0 spiro atoms. The molecule has 1 saturated heterocycles. The molecule has 1 fully saturated rings. The van der Waals surface area contributed by atoms with Crippen molar-refractivity contribution in [2.75, 3.05) is 19.5 Å². The van der Waals surface area contributed by atoms with Gasteiger partial charge in [0.1, 0.15) is 17.5 Å². The lowest BCUT2D eigenvalue weighted by atomic mass is 9.93. The quantitative estimate of drug-likeness (QED) is 0.349. The number of nitrogens with zero attached hydrogens (tertiary/aromatic N) is 1. The number of amides is 3. The molecule has 0 bridgehead atoms. The number of Topliss-reactive ketones (excluding diaryl/α,β-unsaturated/α-hetero) is 1. The number of alkyl halides is 1. The second-order valence-electron chi connectivity index (χ2n) is 9.04. The number of halogens is 1. The van der Waals surface area contributed by atoms with Gasteiger partial charge in [0, 0.05) is 23.4 Å². The molecular formula is C27H29ClN4O5. The second-order valence-corrected chi connectivity index (χ2v) is 9.31. The molecule has 2 aromatic carbocycles. The number of rotatable bonds is 10. The van der Waals surface area contributed by atoms with Crippen molar-refractivity contribution in [3.05, 3.63) is 65.9 Å². The first-order valence-electron chi connectivity index (χ1n) is 12.0. The number of nitrogens with two attached hydrogens (primary N) is 1. The number of hydrogen-bond acceptors (Lipinski definition) is 6. The third kappa shape index (κ3) is 5.68. The first-order valence-corrected chi connectivity index (χ1v) is 12.6. The van der Waals surface area contributed by atoms with E-state index in [9.17, 15) is 19.2 Å². The Labute approximate surface area is 219 Å². The van der Waals surface area contributed by atoms with Crippen LogP contribution in [0.4, 0.5) is 0 Å². The molecule has 3 amide bonds. The van der Waals surface area contributed by atoms with E-state index in [-0.39, 0.29) is 24.4 Å². The number of carbonyl (C=O) groups is 4. The molecule has 1 aliphatic rings. The zero-order valence-electron chi connectivity index (χ0n) is 20.4. The van der Waals surface area contributed by atoms with Gasteiger partial charge in [-0.25, -0.2) is 0 Å². The van der Waals surface area contributed by atoms with Crippen molar-refractivity contribution in [1.82, 2.24) is 15.2 Å². The van der Waals surface area contributed by atoms with Crippen LogP contribution >= 0.6 is 11.6 Å². The standard InChI is InChI=1S/C27H29ClN4O5/c1-37-24-9-5-8-20-18(24)14-21(31-20)27(36)32(26(35)19(29)12-16-6-3-2-4-7-16)22(23(33)15-28)13-17-10-11-30-25(17)34/h2-9,14,17,19,22,31H,10-13,15,29H2,1H3,(H,30,34)/t17-,19-,22-/m0/s1. The minimum atomic E-state index is -1.25. The van der Waals surface area contributed by atoms with Gasteiger partial charge in [-0.3, -0.25) is 24.1 Å². The summed E-state index contributed by atoms with van der Waals surface area (Å²) in [4.78, 5) is 57.0. The molecular weight excluding hydrogens is 496 g/mol. The van der Waals surface area contributed by atoms with Crippen molar-refractivity contribution in [3.8, 4) is 5.75 Å². The van der Waals surface area contributed by atoms with Crippen molar-refractivity contribution in [1.29, 1.82) is 0 Å². The van der Waals surface area contributed by atoms with Gasteiger partial charge >= 0.3 is 0 Å². The lowest BCUT2D eigenvalue weighted by molar-refractivity contribution is -0.138. The topological polar surface area (TPSA) is 135 Å². The number of fused-ring (bicyclic) bond motifs is 1. The second kappa shape index (κ2) is 11.6. The molecule has 37 heavy (non-hydrogen) atoms. The van der Waals surface area contributed by atoms with E-state index in [0.717, 1.165) is 10.5 Å². The van der Waals surface area contributed by atoms with E-state index in [1.807, 2.05) is 30.3 Å². The number of benzene rings is 2. The highest BCUT2D eigenvalue weighted by Gasteiger charge is 2.41. The van der Waals surface area contributed by atoms with Gasteiger partial charge in [0.05, 0.1) is 19.0 Å². The van der Waals surface area contributed by atoms with Gasteiger partial charge in [-0.15, -0.1) is 11.6 Å². The van der Waals surface area contributed by atoms with Gasteiger partial charge in [-0.05, 0) is 43.0 Å². The van der Waals surface area contributed by atoms with Crippen molar-refractivity contribution in [2.45, 2.75) is 31.3 Å². The molecule has 4 N–H and O–H groups in total. The Morgan fingerprint density at radius 3 is 2.57 bits per heavy atom. The Balaban J connectivity index is 1.74. The number of ether oxygens (including phenoxy) is 1. The summed E-state index contributed by atoms with van der Waals surface area (Å²) in [7, 11) is 1.52. The maximum atomic E-state index is 13.9. The van der Waals surface area contributed by atoms with Gasteiger partial charge in [0.25, 0.3) is 5.91 Å². The SMILES string of the molecule is COc1cccc2[nH]c(C(=O)N(C(=O)[C@@H](N)Cc3ccccc3)[C@@H](C[C@@H]3CCNC3=O)C(=O)CCl)cc12. The van der Waals surface area contributed by atoms with Crippen LogP contribution in [0.25, 0.3) is 10.9 Å². The van der Waals surface area contributed by atoms with Gasteiger partial charge in [-0.1, -0.05) is 36.4 Å². The number of carbonyl (C=O) groups excluding carboxylic acids is 4. The predicted molar refractivity (Wildman–Crippen MR) is 139 cm³/mol. The number of hydrogen-bond donors (Lipinski definition) is 3. The summed E-state index contributed by atoms with van der Waals surface area (Å²) in [5, 5.41) is 3.37. The molecule has 9 nitrogen and oxygen atoms in total. The molecule has 10 heteroatoms. The number of aromatic amines is 1. The summed E-state index contributed by atoms with van der Waals surface area (Å²) in [6, 6.07) is 13.7. The van der Waals surface area contributed by atoms with Crippen molar-refractivity contribution in [2.24, 2.45) is 11.7 Å². The summed E-state index contributed by atoms with van der Waals surface area (Å²) in [5.74, 6) is -2.63. The first-order chi connectivity index (χ1) is 17.8. The Morgan fingerprint density at radius 1 is 1.16 bits per heavy atom. The number of methoxy groups -OCH3 is 1. The van der Waals surface area contributed by atoms with Gasteiger partial charge < -0.3 is 20.8 Å². The number of aromatic nitrogens is 1. The summed E-state index contributed by atoms with van der Waals surface area (Å²) >= 11 is 5.93. The zero-order valence-corrected chi connectivity index (χ0v) is 21.2. The molecule has 0 saturated carbocycles. The van der Waals surface area contributed by atoms with Crippen molar-refractivity contribution >= 4 is 46.0 Å². The smallest absolute Gasteiger partial charge is 0.277 e. The van der Waals surface area contributed by atoms with Crippen LogP contribution in [0.1, 0.15) is 28.9 Å². The molecule has 0 unspecified atom stereocenters. The van der Waals surface area contributed by atoms with Crippen LogP contribution in [-0.4, -0.2) is 65.0 Å². The third-order valence-electron chi connectivity index (χ3n) is 6.63. The molecule has 2 heterocycles. The van der Waals surface area contributed by atoms with Gasteiger partial charge in [0.2, 0.25) is 11.8 Å². The summed E-state index contributed by atoms with van der Waals surface area (Å²) in [6.45, 7) is 0.461. The van der Waals surface area contributed by atoms with Crippen LogP contribution in [0.2, 0.25) is 0 Å². The Bertz CT molecular complexity index is 1310. The molecule has 1 aliphatic heterocycles. The average molecular weight is 525 g/mol. The van der Waals surface area contributed by atoms with Gasteiger partial charge in [-0.2, -0.15) is 0 Å². The normalized spacial score (nSPS) is 16.7. The highest BCUT2D eigenvalue weighted by molar-refractivity contribution is 6.29. The van der Waals surface area contributed by atoms with Crippen LogP contribution in [0, 0.1) is 5.92 Å². The van der Waals surface area contributed by atoms with Crippen LogP contribution in [0.5, 0.6) is 5.75 Å². The minimum absolute atomic E-state index is 0.0313. The monoisotopic (exact) mass is 524 g/mol. The lowest BCUT2D eigenvalue weighted by Crippen LogP contribution is -2.55. The lowest BCUT2D eigenvalue weighted by Gasteiger charge is -2.31. The number of ketones is 1. The van der Waals surface area contributed by atoms with E-state index in [0.29, 0.717) is 29.6 Å². The largest absolute Gasteiger partial charge is 0.496 e. The third-order valence-corrected chi connectivity index (χ3v) is 6.90. The Kier molecular flexibility index (Phi) is 8.25. The highest BCUT2D eigenvalue weighted by atomic mass is 35.5. The summed E-state index contributed by atoms with van der Waals surface area (Å²) in [6.07, 6.45) is 0.618. The van der Waals surface area contributed by atoms with Crippen LogP contribution in [0.15, 0.2) is 54.6 Å². The van der Waals surface area contributed by atoms with Crippen molar-refractivity contribution in [3.63, 3.8) is 0 Å². The molecule has 0 aliphatic carbocycles. The minimum Gasteiger partial charge on any atom is -0.496 e.